The summed E-state index contributed by atoms with van der Waals surface area (Å²) in [7, 11) is 13.9. The fourth-order valence-electron chi connectivity index (χ4n) is 2.97. The molecule has 11 heteroatoms. The molecule has 4 unspecified atom stereocenters. The highest BCUT2D eigenvalue weighted by atomic mass is 31.2. The van der Waals surface area contributed by atoms with Gasteiger partial charge in [0.15, 0.2) is 0 Å². The van der Waals surface area contributed by atoms with Crippen LogP contribution in [0.15, 0.2) is 0 Å². The predicted octanol–water partition coefficient (Wildman–Crippen LogP) is -1.35. The summed E-state index contributed by atoms with van der Waals surface area (Å²) in [5.74, 6) is 0. The van der Waals surface area contributed by atoms with Gasteiger partial charge in [-0.3, -0.25) is 4.57 Å². The van der Waals surface area contributed by atoms with Crippen LogP contribution in [0.4, 0.5) is 0 Å². The van der Waals surface area contributed by atoms with E-state index in [2.05, 4.69) is 4.90 Å². The van der Waals surface area contributed by atoms with Crippen LogP contribution in [0.1, 0.15) is 0 Å². The van der Waals surface area contributed by atoms with Gasteiger partial charge < -0.3 is 24.6 Å². The van der Waals surface area contributed by atoms with E-state index in [9.17, 15) is 4.57 Å². The first kappa shape index (κ1) is 20.4. The molecule has 5 atom stereocenters. The Kier molecular flexibility index (Phi) is 7.34. The van der Waals surface area contributed by atoms with Gasteiger partial charge in [-0.25, -0.2) is 9.34 Å². The first-order valence-corrected chi connectivity index (χ1v) is 9.66. The van der Waals surface area contributed by atoms with Gasteiger partial charge in [-0.1, -0.05) is 0 Å². The predicted molar refractivity (Wildman–Crippen MR) is 94.2 cm³/mol. The zero-order valence-corrected chi connectivity index (χ0v) is 15.6. The van der Waals surface area contributed by atoms with E-state index in [1.807, 2.05) is 7.05 Å². The molecule has 0 aromatic rings. The molecule has 0 aliphatic carbocycles. The van der Waals surface area contributed by atoms with Gasteiger partial charge in [0.05, 0.1) is 18.8 Å². The van der Waals surface area contributed by atoms with Gasteiger partial charge in [-0.05, 0) is 21.1 Å². The van der Waals surface area contributed by atoms with E-state index >= 15 is 0 Å². The monoisotopic (exact) mass is 356 g/mol. The standard InChI is InChI=1S/C13H27B2N4O4P/c1-17(2)24(20,19-6-10(4-16)22-13(15)8-19)21-9-11-5-18(3)7-12(14)23-11/h10-13H,4-9,16H2,1-3H3/t10?,11?,12-,13?,24?/m1/s1. The molecule has 0 bridgehead atoms. The topological polar surface area (TPSA) is 80.5 Å². The van der Waals surface area contributed by atoms with Crippen LogP contribution >= 0.6 is 7.67 Å². The van der Waals surface area contributed by atoms with Crippen molar-refractivity contribution in [3.05, 3.63) is 0 Å². The fourth-order valence-corrected chi connectivity index (χ4v) is 4.99. The maximum atomic E-state index is 13.5. The lowest BCUT2D eigenvalue weighted by molar-refractivity contribution is -0.0646. The molecule has 0 aromatic carbocycles. The molecule has 24 heavy (non-hydrogen) atoms. The number of rotatable bonds is 6. The average Bonchev–Trinajstić information content (AvgIpc) is 2.50. The Morgan fingerprint density at radius 1 is 1.17 bits per heavy atom. The minimum Gasteiger partial charge on any atom is -0.381 e. The highest BCUT2D eigenvalue weighted by Crippen LogP contribution is 2.53. The summed E-state index contributed by atoms with van der Waals surface area (Å²) < 4.78 is 33.8. The van der Waals surface area contributed by atoms with Gasteiger partial charge in [0.2, 0.25) is 0 Å². The van der Waals surface area contributed by atoms with Crippen LogP contribution in [-0.2, 0) is 18.6 Å². The Labute approximate surface area is 147 Å². The van der Waals surface area contributed by atoms with E-state index in [1.54, 1.807) is 23.4 Å². The summed E-state index contributed by atoms with van der Waals surface area (Å²) in [6.45, 7) is 2.56. The van der Waals surface area contributed by atoms with Crippen molar-refractivity contribution in [1.82, 2.24) is 14.2 Å². The van der Waals surface area contributed by atoms with Crippen LogP contribution < -0.4 is 5.73 Å². The summed E-state index contributed by atoms with van der Waals surface area (Å²) >= 11 is 0. The van der Waals surface area contributed by atoms with Crippen molar-refractivity contribution in [2.45, 2.75) is 24.2 Å². The maximum absolute atomic E-state index is 13.5. The van der Waals surface area contributed by atoms with Gasteiger partial charge in [0, 0.05) is 44.7 Å². The van der Waals surface area contributed by atoms with E-state index in [4.69, 9.17) is 35.4 Å². The van der Waals surface area contributed by atoms with Gasteiger partial charge >= 0.3 is 7.67 Å². The Bertz CT molecular complexity index is 452. The van der Waals surface area contributed by atoms with Crippen molar-refractivity contribution >= 4 is 23.4 Å². The Balaban J connectivity index is 2.03. The molecule has 2 heterocycles. The zero-order chi connectivity index (χ0) is 17.9. The lowest BCUT2D eigenvalue weighted by Gasteiger charge is -2.43. The van der Waals surface area contributed by atoms with E-state index in [0.717, 1.165) is 0 Å². The van der Waals surface area contributed by atoms with Gasteiger partial charge in [0.25, 0.3) is 0 Å². The largest absolute Gasteiger partial charge is 0.381 e. The molecule has 2 rings (SSSR count). The Morgan fingerprint density at radius 2 is 1.79 bits per heavy atom. The molecule has 2 fully saturated rings. The Hall–Kier alpha value is 0.0799. The second-order valence-corrected chi connectivity index (χ2v) is 9.16. The number of hydrogen-bond acceptors (Lipinski definition) is 6. The van der Waals surface area contributed by atoms with Crippen molar-refractivity contribution < 1.29 is 18.6 Å². The molecular weight excluding hydrogens is 329 g/mol. The van der Waals surface area contributed by atoms with Crippen LogP contribution in [0.25, 0.3) is 0 Å². The zero-order valence-electron chi connectivity index (χ0n) is 14.7. The summed E-state index contributed by atoms with van der Waals surface area (Å²) in [6, 6.07) is -0.913. The van der Waals surface area contributed by atoms with E-state index in [0.29, 0.717) is 32.7 Å². The molecule has 8 nitrogen and oxygen atoms in total. The number of ether oxygens (including phenoxy) is 2. The van der Waals surface area contributed by atoms with Gasteiger partial charge in [-0.15, -0.1) is 0 Å². The number of nitrogens with zero attached hydrogens (tertiary/aromatic N) is 3. The molecule has 0 amide bonds. The van der Waals surface area contributed by atoms with Crippen molar-refractivity contribution in [1.29, 1.82) is 0 Å². The minimum absolute atomic E-state index is 0.188. The van der Waals surface area contributed by atoms with Gasteiger partial charge in [0.1, 0.15) is 15.7 Å². The number of likely N-dealkylation sites (N-methyl/N-ethyl adjacent to an activating group) is 1. The molecule has 134 valence electrons. The Morgan fingerprint density at radius 3 is 2.38 bits per heavy atom. The first-order chi connectivity index (χ1) is 11.2. The number of nitrogens with two attached hydrogens (primary N) is 1. The van der Waals surface area contributed by atoms with Crippen molar-refractivity contribution in [2.75, 3.05) is 60.5 Å². The van der Waals surface area contributed by atoms with Crippen LogP contribution in [0, 0.1) is 0 Å². The normalized spacial score (nSPS) is 35.9. The van der Waals surface area contributed by atoms with Crippen molar-refractivity contribution in [2.24, 2.45) is 5.73 Å². The van der Waals surface area contributed by atoms with Crippen LogP contribution in [-0.4, -0.2) is 115 Å². The van der Waals surface area contributed by atoms with Crippen molar-refractivity contribution in [3.63, 3.8) is 0 Å². The fraction of sp³-hybridized carbons (Fsp3) is 1.00. The molecule has 2 aliphatic heterocycles. The van der Waals surface area contributed by atoms with Crippen molar-refractivity contribution in [3.8, 4) is 0 Å². The van der Waals surface area contributed by atoms with Gasteiger partial charge in [-0.2, -0.15) is 0 Å². The van der Waals surface area contributed by atoms with Crippen LogP contribution in [0.3, 0.4) is 0 Å². The third-order valence-electron chi connectivity index (χ3n) is 4.10. The summed E-state index contributed by atoms with van der Waals surface area (Å²) in [5.41, 5.74) is 5.68. The average molecular weight is 356 g/mol. The second-order valence-electron chi connectivity index (χ2n) is 6.56. The molecule has 0 spiro atoms. The lowest BCUT2D eigenvalue weighted by Crippen LogP contribution is -2.51. The van der Waals surface area contributed by atoms with Crippen LogP contribution in [0.5, 0.6) is 0 Å². The molecule has 0 aromatic heterocycles. The SMILES string of the molecule is [B]C1CN(P(=O)(OCC2CN(C)C[C@H]([B])O2)N(C)C)CC(CN)O1. The van der Waals surface area contributed by atoms with Crippen LogP contribution in [0.2, 0.25) is 0 Å². The molecule has 0 saturated carbocycles. The number of hydrogen-bond donors (Lipinski definition) is 1. The lowest BCUT2D eigenvalue weighted by atomic mass is 9.98. The second kappa shape index (κ2) is 8.64. The third-order valence-corrected chi connectivity index (χ3v) is 6.64. The molecular formula is C13H27B2N4O4P. The first-order valence-electron chi connectivity index (χ1n) is 8.13. The number of morpholine rings is 2. The third kappa shape index (κ3) is 5.05. The quantitative estimate of drug-likeness (QED) is 0.463. The highest BCUT2D eigenvalue weighted by molar-refractivity contribution is 7.53. The molecule has 2 saturated heterocycles. The molecule has 2 aliphatic rings. The highest BCUT2D eigenvalue weighted by Gasteiger charge is 2.40. The molecule has 2 N–H and O–H groups in total. The maximum Gasteiger partial charge on any atom is 0.345 e. The smallest absolute Gasteiger partial charge is 0.345 e. The summed E-state index contributed by atoms with van der Waals surface area (Å²) in [4.78, 5) is 2.07. The minimum atomic E-state index is -3.25. The summed E-state index contributed by atoms with van der Waals surface area (Å²) in [6.07, 6.45) is -0.497. The van der Waals surface area contributed by atoms with E-state index in [-0.39, 0.29) is 24.8 Å². The van der Waals surface area contributed by atoms with E-state index < -0.39 is 13.7 Å². The summed E-state index contributed by atoms with van der Waals surface area (Å²) in [5, 5.41) is 0. The van der Waals surface area contributed by atoms with E-state index in [1.165, 1.54) is 0 Å². The molecule has 4 radical (unpaired) electrons.